The molecule has 5 heteroatoms. The third-order valence-electron chi connectivity index (χ3n) is 3.91. The first-order valence-corrected chi connectivity index (χ1v) is 8.06. The minimum Gasteiger partial charge on any atom is -0.321 e. The second-order valence-electron chi connectivity index (χ2n) is 5.74. The molecule has 3 rings (SSSR count). The zero-order valence-electron chi connectivity index (χ0n) is 13.6. The van der Waals surface area contributed by atoms with E-state index in [4.69, 9.17) is 11.6 Å². The van der Waals surface area contributed by atoms with Gasteiger partial charge in [0, 0.05) is 16.9 Å². The Morgan fingerprint density at radius 3 is 2.54 bits per heavy atom. The number of aromatic nitrogens is 2. The first-order chi connectivity index (χ1) is 11.5. The van der Waals surface area contributed by atoms with Crippen LogP contribution in [0.4, 0.5) is 5.69 Å². The summed E-state index contributed by atoms with van der Waals surface area (Å²) in [6.07, 6.45) is 3.30. The van der Waals surface area contributed by atoms with Crippen molar-refractivity contribution in [3.05, 3.63) is 82.1 Å². The van der Waals surface area contributed by atoms with Gasteiger partial charge < -0.3 is 5.32 Å². The fourth-order valence-electron chi connectivity index (χ4n) is 2.57. The molecular formula is C19H18ClN3O. The number of hydrogen-bond acceptors (Lipinski definition) is 2. The average Bonchev–Trinajstić information content (AvgIpc) is 3.02. The molecule has 0 saturated carbocycles. The number of benzene rings is 2. The SMILES string of the molecule is Cc1cccc(C)c1NC(=O)c1cnn(Cc2ccccc2Cl)c1. The van der Waals surface area contributed by atoms with E-state index < -0.39 is 0 Å². The molecule has 0 spiro atoms. The number of rotatable bonds is 4. The van der Waals surface area contributed by atoms with Gasteiger partial charge in [0.1, 0.15) is 0 Å². The highest BCUT2D eigenvalue weighted by Crippen LogP contribution is 2.20. The molecule has 0 fully saturated rings. The molecule has 3 aromatic rings. The number of nitrogens with zero attached hydrogens (tertiary/aromatic N) is 2. The number of amides is 1. The summed E-state index contributed by atoms with van der Waals surface area (Å²) in [7, 11) is 0. The number of anilines is 1. The lowest BCUT2D eigenvalue weighted by molar-refractivity contribution is 0.102. The van der Waals surface area contributed by atoms with Gasteiger partial charge in [-0.2, -0.15) is 5.10 Å². The molecule has 1 heterocycles. The minimum absolute atomic E-state index is 0.169. The number of hydrogen-bond donors (Lipinski definition) is 1. The predicted molar refractivity (Wildman–Crippen MR) is 96.7 cm³/mol. The van der Waals surface area contributed by atoms with Gasteiger partial charge in [-0.3, -0.25) is 9.48 Å². The number of halogens is 1. The average molecular weight is 340 g/mol. The Labute approximate surface area is 146 Å². The first-order valence-electron chi connectivity index (χ1n) is 7.68. The lowest BCUT2D eigenvalue weighted by Crippen LogP contribution is -2.13. The molecule has 0 aliphatic rings. The molecule has 0 unspecified atom stereocenters. The molecular weight excluding hydrogens is 322 g/mol. The van der Waals surface area contributed by atoms with Gasteiger partial charge in [-0.15, -0.1) is 0 Å². The Bertz CT molecular complexity index is 866. The van der Waals surface area contributed by atoms with E-state index in [1.807, 2.05) is 56.3 Å². The van der Waals surface area contributed by atoms with Gasteiger partial charge in [0.15, 0.2) is 0 Å². The van der Waals surface area contributed by atoms with Crippen LogP contribution < -0.4 is 5.32 Å². The molecule has 0 saturated heterocycles. The Hall–Kier alpha value is -2.59. The van der Waals surface area contributed by atoms with Crippen LogP contribution in [-0.2, 0) is 6.54 Å². The summed E-state index contributed by atoms with van der Waals surface area (Å²) in [5.74, 6) is -0.169. The lowest BCUT2D eigenvalue weighted by atomic mass is 10.1. The predicted octanol–water partition coefficient (Wildman–Crippen LogP) is 4.45. The van der Waals surface area contributed by atoms with E-state index in [1.54, 1.807) is 17.1 Å². The van der Waals surface area contributed by atoms with Crippen LogP contribution in [-0.4, -0.2) is 15.7 Å². The van der Waals surface area contributed by atoms with Gasteiger partial charge in [0.25, 0.3) is 5.91 Å². The maximum Gasteiger partial charge on any atom is 0.258 e. The van der Waals surface area contributed by atoms with Crippen molar-refractivity contribution in [1.29, 1.82) is 0 Å². The molecule has 1 amide bonds. The second kappa shape index (κ2) is 6.89. The van der Waals surface area contributed by atoms with Crippen molar-refractivity contribution in [1.82, 2.24) is 9.78 Å². The van der Waals surface area contributed by atoms with Gasteiger partial charge in [-0.25, -0.2) is 0 Å². The fraction of sp³-hybridized carbons (Fsp3) is 0.158. The van der Waals surface area contributed by atoms with E-state index in [0.29, 0.717) is 17.1 Å². The lowest BCUT2D eigenvalue weighted by Gasteiger charge is -2.10. The zero-order chi connectivity index (χ0) is 17.1. The van der Waals surface area contributed by atoms with Crippen molar-refractivity contribution in [2.24, 2.45) is 0 Å². The highest BCUT2D eigenvalue weighted by atomic mass is 35.5. The normalized spacial score (nSPS) is 10.6. The van der Waals surface area contributed by atoms with E-state index >= 15 is 0 Å². The number of carbonyl (C=O) groups excluding carboxylic acids is 1. The maximum atomic E-state index is 12.5. The Morgan fingerprint density at radius 2 is 1.83 bits per heavy atom. The quantitative estimate of drug-likeness (QED) is 0.763. The van der Waals surface area contributed by atoms with Crippen molar-refractivity contribution in [2.45, 2.75) is 20.4 Å². The smallest absolute Gasteiger partial charge is 0.258 e. The molecule has 0 atom stereocenters. The summed E-state index contributed by atoms with van der Waals surface area (Å²) < 4.78 is 1.71. The van der Waals surface area contributed by atoms with Gasteiger partial charge in [-0.1, -0.05) is 48.0 Å². The summed E-state index contributed by atoms with van der Waals surface area (Å²) in [6, 6.07) is 13.5. The molecule has 0 aliphatic heterocycles. The minimum atomic E-state index is -0.169. The fourth-order valence-corrected chi connectivity index (χ4v) is 2.76. The van der Waals surface area contributed by atoms with Crippen LogP contribution in [0.1, 0.15) is 27.0 Å². The topological polar surface area (TPSA) is 46.9 Å². The third-order valence-corrected chi connectivity index (χ3v) is 4.27. The number of aryl methyl sites for hydroxylation is 2. The number of para-hydroxylation sites is 1. The Morgan fingerprint density at radius 1 is 1.12 bits per heavy atom. The van der Waals surface area contributed by atoms with E-state index in [1.165, 1.54) is 0 Å². The van der Waals surface area contributed by atoms with E-state index in [2.05, 4.69) is 10.4 Å². The number of nitrogens with one attached hydrogen (secondary N) is 1. The summed E-state index contributed by atoms with van der Waals surface area (Å²) in [4.78, 5) is 12.5. The van der Waals surface area contributed by atoms with E-state index in [9.17, 15) is 4.79 Å². The summed E-state index contributed by atoms with van der Waals surface area (Å²) in [5.41, 5.74) is 4.40. The monoisotopic (exact) mass is 339 g/mol. The largest absolute Gasteiger partial charge is 0.321 e. The molecule has 4 nitrogen and oxygen atoms in total. The third kappa shape index (κ3) is 3.49. The molecule has 122 valence electrons. The van der Waals surface area contributed by atoms with Crippen molar-refractivity contribution in [2.75, 3.05) is 5.32 Å². The highest BCUT2D eigenvalue weighted by molar-refractivity contribution is 6.31. The summed E-state index contributed by atoms with van der Waals surface area (Å²) >= 11 is 6.17. The molecule has 0 radical (unpaired) electrons. The van der Waals surface area contributed by atoms with Crippen LogP contribution in [0.3, 0.4) is 0 Å². The Kier molecular flexibility index (Phi) is 4.67. The Balaban J connectivity index is 1.76. The van der Waals surface area contributed by atoms with Gasteiger partial charge in [0.05, 0.1) is 18.3 Å². The first kappa shape index (κ1) is 16.3. The van der Waals surface area contributed by atoms with Crippen LogP contribution in [0.2, 0.25) is 5.02 Å². The molecule has 0 aliphatic carbocycles. The molecule has 2 aromatic carbocycles. The van der Waals surface area contributed by atoms with Crippen molar-refractivity contribution in [3.63, 3.8) is 0 Å². The molecule has 0 bridgehead atoms. The van der Waals surface area contributed by atoms with Crippen LogP contribution in [0.5, 0.6) is 0 Å². The standard InChI is InChI=1S/C19H18ClN3O/c1-13-6-5-7-14(2)18(13)22-19(24)16-10-21-23(12-16)11-15-8-3-4-9-17(15)20/h3-10,12H,11H2,1-2H3,(H,22,24). The molecule has 1 aromatic heterocycles. The zero-order valence-corrected chi connectivity index (χ0v) is 14.3. The summed E-state index contributed by atoms with van der Waals surface area (Å²) in [5, 5.41) is 7.91. The molecule has 24 heavy (non-hydrogen) atoms. The van der Waals surface area contributed by atoms with Crippen LogP contribution in [0.15, 0.2) is 54.9 Å². The second-order valence-corrected chi connectivity index (χ2v) is 6.15. The number of carbonyl (C=O) groups is 1. The summed E-state index contributed by atoms with van der Waals surface area (Å²) in [6.45, 7) is 4.48. The van der Waals surface area contributed by atoms with Crippen molar-refractivity contribution >= 4 is 23.2 Å². The van der Waals surface area contributed by atoms with Crippen LogP contribution in [0.25, 0.3) is 0 Å². The van der Waals surface area contributed by atoms with E-state index in [0.717, 1.165) is 22.4 Å². The van der Waals surface area contributed by atoms with Crippen molar-refractivity contribution < 1.29 is 4.79 Å². The highest BCUT2D eigenvalue weighted by Gasteiger charge is 2.12. The van der Waals surface area contributed by atoms with Crippen LogP contribution >= 0.6 is 11.6 Å². The van der Waals surface area contributed by atoms with Crippen molar-refractivity contribution in [3.8, 4) is 0 Å². The van der Waals surface area contributed by atoms with Gasteiger partial charge in [0.2, 0.25) is 0 Å². The van der Waals surface area contributed by atoms with Gasteiger partial charge in [-0.05, 0) is 36.6 Å². The van der Waals surface area contributed by atoms with Gasteiger partial charge >= 0.3 is 0 Å². The van der Waals surface area contributed by atoms with E-state index in [-0.39, 0.29) is 5.91 Å². The van der Waals surface area contributed by atoms with Crippen LogP contribution in [0, 0.1) is 13.8 Å². The maximum absolute atomic E-state index is 12.5. The molecule has 1 N–H and O–H groups in total.